The molecule has 0 aliphatic heterocycles. The normalized spacial score (nSPS) is 15.7. The lowest BCUT2D eigenvalue weighted by molar-refractivity contribution is -0.385. The summed E-state index contributed by atoms with van der Waals surface area (Å²) < 4.78 is 5.14. The first-order valence-electron chi connectivity index (χ1n) is 8.66. The Morgan fingerprint density at radius 3 is 2.93 bits per heavy atom. The average Bonchev–Trinajstić information content (AvgIpc) is 3.04. The number of nitrogens with one attached hydrogen (secondary N) is 1. The summed E-state index contributed by atoms with van der Waals surface area (Å²) >= 11 is 1.56. The number of hydrogen-bond acceptors (Lipinski definition) is 6. The quantitative estimate of drug-likeness (QED) is 0.476. The Balaban J connectivity index is 1.59. The van der Waals surface area contributed by atoms with Gasteiger partial charge in [0.2, 0.25) is 0 Å². The number of nitro benzene ring substituents is 1. The summed E-state index contributed by atoms with van der Waals surface area (Å²) in [7, 11) is 0. The number of nitro groups is 1. The van der Waals surface area contributed by atoms with Crippen LogP contribution in [0.5, 0.6) is 0 Å². The van der Waals surface area contributed by atoms with Crippen molar-refractivity contribution in [2.45, 2.75) is 33.1 Å². The lowest BCUT2D eigenvalue weighted by Gasteiger charge is -2.18. The molecule has 1 aromatic heterocycles. The van der Waals surface area contributed by atoms with Crippen LogP contribution in [0.25, 0.3) is 0 Å². The lowest BCUT2D eigenvalue weighted by atomic mass is 9.88. The van der Waals surface area contributed by atoms with Crippen LogP contribution in [0.15, 0.2) is 23.6 Å². The number of fused-ring (bicyclic) bond motifs is 1. The van der Waals surface area contributed by atoms with E-state index in [4.69, 9.17) is 4.74 Å². The first-order chi connectivity index (χ1) is 12.8. The van der Waals surface area contributed by atoms with Crippen LogP contribution in [-0.2, 0) is 22.4 Å². The maximum Gasteiger partial charge on any atom is 0.339 e. The van der Waals surface area contributed by atoms with Gasteiger partial charge in [0, 0.05) is 27.6 Å². The van der Waals surface area contributed by atoms with Crippen LogP contribution in [0.2, 0.25) is 0 Å². The third-order valence-corrected chi connectivity index (χ3v) is 5.70. The first-order valence-corrected chi connectivity index (χ1v) is 9.54. The average molecular weight is 388 g/mol. The van der Waals surface area contributed by atoms with Crippen LogP contribution < -0.4 is 5.32 Å². The molecule has 142 valence electrons. The van der Waals surface area contributed by atoms with Gasteiger partial charge < -0.3 is 10.1 Å². The minimum atomic E-state index is -0.542. The van der Waals surface area contributed by atoms with Crippen LogP contribution in [0.1, 0.15) is 39.7 Å². The summed E-state index contributed by atoms with van der Waals surface area (Å²) in [4.78, 5) is 36.0. The number of benzene rings is 1. The Bertz CT molecular complexity index is 906. The monoisotopic (exact) mass is 388 g/mol. The molecule has 1 aromatic carbocycles. The fourth-order valence-corrected chi connectivity index (χ4v) is 4.37. The van der Waals surface area contributed by atoms with Crippen LogP contribution in [0.4, 0.5) is 11.4 Å². The van der Waals surface area contributed by atoms with Crippen molar-refractivity contribution < 1.29 is 19.2 Å². The van der Waals surface area contributed by atoms with Crippen molar-refractivity contribution in [2.24, 2.45) is 5.92 Å². The standard InChI is InChI=1S/C19H20N2O5S/c1-11-3-6-14-15(10-27-17(14)7-11)19(23)26-9-18(22)20-13-5-4-12(2)16(8-13)21(24)25/h4-5,8,10-11H,3,6-7,9H2,1-2H3,(H,20,22)/t11-/m1/s1. The second-order valence-electron chi connectivity index (χ2n) is 6.78. The van der Waals surface area contributed by atoms with Gasteiger partial charge >= 0.3 is 5.97 Å². The number of carbonyl (C=O) groups excluding carboxylic acids is 2. The van der Waals surface area contributed by atoms with Crippen LogP contribution in [-0.4, -0.2) is 23.4 Å². The summed E-state index contributed by atoms with van der Waals surface area (Å²) in [5.41, 5.74) is 2.29. The van der Waals surface area contributed by atoms with Gasteiger partial charge in [0.15, 0.2) is 6.61 Å². The molecule has 1 N–H and O–H groups in total. The van der Waals surface area contributed by atoms with Crippen molar-refractivity contribution in [3.05, 3.63) is 55.3 Å². The van der Waals surface area contributed by atoms with Gasteiger partial charge in [-0.2, -0.15) is 0 Å². The zero-order valence-corrected chi connectivity index (χ0v) is 15.9. The third-order valence-electron chi connectivity index (χ3n) is 4.65. The fourth-order valence-electron chi connectivity index (χ4n) is 3.14. The number of anilines is 1. The highest BCUT2D eigenvalue weighted by atomic mass is 32.1. The first kappa shape index (κ1) is 19.0. The molecule has 0 fully saturated rings. The predicted molar refractivity (Wildman–Crippen MR) is 102 cm³/mol. The molecule has 1 aliphatic rings. The molecule has 0 bridgehead atoms. The van der Waals surface area contributed by atoms with E-state index in [2.05, 4.69) is 12.2 Å². The van der Waals surface area contributed by atoms with E-state index in [0.717, 1.165) is 24.8 Å². The van der Waals surface area contributed by atoms with Gasteiger partial charge in [-0.3, -0.25) is 14.9 Å². The molecular formula is C19H20N2O5S. The van der Waals surface area contributed by atoms with Gasteiger partial charge in [0.1, 0.15) is 0 Å². The Kier molecular flexibility index (Phi) is 5.55. The van der Waals surface area contributed by atoms with Crippen molar-refractivity contribution in [3.8, 4) is 0 Å². The SMILES string of the molecule is Cc1ccc(NC(=O)COC(=O)c2csc3c2CC[C@@H](C)C3)cc1[N+](=O)[O-]. The van der Waals surface area contributed by atoms with Crippen molar-refractivity contribution >= 4 is 34.6 Å². The number of hydrogen-bond donors (Lipinski definition) is 1. The van der Waals surface area contributed by atoms with Gasteiger partial charge in [0.25, 0.3) is 11.6 Å². The van der Waals surface area contributed by atoms with E-state index in [1.54, 1.807) is 35.8 Å². The Labute approximate surface area is 160 Å². The Hall–Kier alpha value is -2.74. The minimum absolute atomic E-state index is 0.0797. The second-order valence-corrected chi connectivity index (χ2v) is 7.75. The minimum Gasteiger partial charge on any atom is -0.452 e. The molecule has 0 unspecified atom stereocenters. The number of amides is 1. The molecule has 7 nitrogen and oxygen atoms in total. The predicted octanol–water partition coefficient (Wildman–Crippen LogP) is 3.89. The van der Waals surface area contributed by atoms with Crippen LogP contribution in [0, 0.1) is 23.0 Å². The molecule has 1 aliphatic carbocycles. The number of carbonyl (C=O) groups is 2. The highest BCUT2D eigenvalue weighted by Crippen LogP contribution is 2.33. The van der Waals surface area contributed by atoms with Crippen molar-refractivity contribution in [2.75, 3.05) is 11.9 Å². The molecule has 0 saturated heterocycles. The van der Waals surface area contributed by atoms with E-state index in [9.17, 15) is 19.7 Å². The smallest absolute Gasteiger partial charge is 0.339 e. The summed E-state index contributed by atoms with van der Waals surface area (Å²) in [6.07, 6.45) is 2.86. The molecule has 27 heavy (non-hydrogen) atoms. The van der Waals surface area contributed by atoms with Gasteiger partial charge in [-0.15, -0.1) is 11.3 Å². The van der Waals surface area contributed by atoms with E-state index in [-0.39, 0.29) is 11.4 Å². The molecule has 1 heterocycles. The molecule has 8 heteroatoms. The number of esters is 1. The zero-order chi connectivity index (χ0) is 19.6. The second kappa shape index (κ2) is 7.87. The van der Waals surface area contributed by atoms with Gasteiger partial charge in [0.05, 0.1) is 10.5 Å². The topological polar surface area (TPSA) is 98.5 Å². The molecule has 3 rings (SSSR count). The largest absolute Gasteiger partial charge is 0.452 e. The molecule has 0 radical (unpaired) electrons. The van der Waals surface area contributed by atoms with E-state index in [1.807, 2.05) is 0 Å². The summed E-state index contributed by atoms with van der Waals surface area (Å²) in [5, 5.41) is 15.3. The highest BCUT2D eigenvalue weighted by Gasteiger charge is 2.24. The number of nitrogens with zero attached hydrogens (tertiary/aromatic N) is 1. The molecule has 1 atom stereocenters. The fraction of sp³-hybridized carbons (Fsp3) is 0.368. The number of ether oxygens (including phenoxy) is 1. The molecule has 1 amide bonds. The summed E-state index contributed by atoms with van der Waals surface area (Å²) in [5.74, 6) is -0.435. The number of thiophene rings is 1. The van der Waals surface area contributed by atoms with Crippen molar-refractivity contribution in [1.82, 2.24) is 0 Å². The Morgan fingerprint density at radius 1 is 1.41 bits per heavy atom. The zero-order valence-electron chi connectivity index (χ0n) is 15.1. The maximum atomic E-state index is 12.3. The Morgan fingerprint density at radius 2 is 2.19 bits per heavy atom. The van der Waals surface area contributed by atoms with Gasteiger partial charge in [-0.25, -0.2) is 4.79 Å². The number of rotatable bonds is 5. The molecule has 0 saturated carbocycles. The molecule has 2 aromatic rings. The third kappa shape index (κ3) is 4.33. The summed E-state index contributed by atoms with van der Waals surface area (Å²) in [6.45, 7) is 3.37. The van der Waals surface area contributed by atoms with E-state index in [1.165, 1.54) is 10.9 Å². The molecular weight excluding hydrogens is 368 g/mol. The molecule has 0 spiro atoms. The number of aryl methyl sites for hydroxylation is 1. The lowest BCUT2D eigenvalue weighted by Crippen LogP contribution is -2.21. The van der Waals surface area contributed by atoms with Crippen molar-refractivity contribution in [1.29, 1.82) is 0 Å². The van der Waals surface area contributed by atoms with E-state index >= 15 is 0 Å². The maximum absolute atomic E-state index is 12.3. The van der Waals surface area contributed by atoms with Gasteiger partial charge in [-0.1, -0.05) is 13.0 Å². The summed E-state index contributed by atoms with van der Waals surface area (Å²) in [6, 6.07) is 4.41. The van der Waals surface area contributed by atoms with Gasteiger partial charge in [-0.05, 0) is 43.7 Å². The van der Waals surface area contributed by atoms with Crippen LogP contribution >= 0.6 is 11.3 Å². The van der Waals surface area contributed by atoms with E-state index < -0.39 is 23.4 Å². The van der Waals surface area contributed by atoms with Crippen molar-refractivity contribution in [3.63, 3.8) is 0 Å². The highest BCUT2D eigenvalue weighted by molar-refractivity contribution is 7.10. The van der Waals surface area contributed by atoms with Crippen LogP contribution in [0.3, 0.4) is 0 Å². The van der Waals surface area contributed by atoms with E-state index in [0.29, 0.717) is 17.0 Å².